The Bertz CT molecular complexity index is 1070. The van der Waals surface area contributed by atoms with E-state index in [1.165, 1.54) is 18.6 Å². The van der Waals surface area contributed by atoms with Gasteiger partial charge in [0.2, 0.25) is 0 Å². The molecule has 1 saturated carbocycles. The molecule has 0 spiro atoms. The molecule has 0 bridgehead atoms. The van der Waals surface area contributed by atoms with Gasteiger partial charge in [0.15, 0.2) is 0 Å². The van der Waals surface area contributed by atoms with Crippen molar-refractivity contribution in [2.24, 2.45) is 5.92 Å². The molecular weight excluding hydrogens is 379 g/mol. The summed E-state index contributed by atoms with van der Waals surface area (Å²) >= 11 is 0. The van der Waals surface area contributed by atoms with Gasteiger partial charge in [-0.2, -0.15) is 0 Å². The molecule has 1 fully saturated rings. The Balaban J connectivity index is 1.40. The van der Waals surface area contributed by atoms with E-state index in [4.69, 9.17) is 5.41 Å². The van der Waals surface area contributed by atoms with Crippen LogP contribution < -0.4 is 0 Å². The average Bonchev–Trinajstić information content (AvgIpc) is 3.07. The lowest BCUT2D eigenvalue weighted by molar-refractivity contribution is 0.0746. The van der Waals surface area contributed by atoms with Gasteiger partial charge in [0.1, 0.15) is 5.82 Å². The van der Waals surface area contributed by atoms with Crippen molar-refractivity contribution < 1.29 is 9.18 Å². The predicted octanol–water partition coefficient (Wildman–Crippen LogP) is 4.89. The highest BCUT2D eigenvalue weighted by atomic mass is 19.1. The summed E-state index contributed by atoms with van der Waals surface area (Å²) in [5.74, 6) is 0.0989. The number of benzene rings is 2. The van der Waals surface area contributed by atoms with Crippen molar-refractivity contribution in [2.45, 2.75) is 45.2 Å². The standard InChI is InChI=1S/C24H27FN4O/c1-16(12-21(26)18-4-3-5-18)28(2)24(30)19-8-6-17(7-9-19)14-29-15-27-22-13-20(25)10-11-23(22)29/h6-11,13,15-16,18,26H,3-5,12,14H2,1-2H3/t16-/m1/s1. The molecule has 156 valence electrons. The highest BCUT2D eigenvalue weighted by molar-refractivity contribution is 5.95. The molecule has 1 aliphatic rings. The van der Waals surface area contributed by atoms with Gasteiger partial charge in [0.25, 0.3) is 5.91 Å². The number of nitrogens with zero attached hydrogens (tertiary/aromatic N) is 3. The minimum Gasteiger partial charge on any atom is -0.339 e. The lowest BCUT2D eigenvalue weighted by atomic mass is 9.80. The molecule has 2 aromatic carbocycles. The van der Waals surface area contributed by atoms with E-state index in [0.29, 0.717) is 30.0 Å². The van der Waals surface area contributed by atoms with Crippen LogP contribution >= 0.6 is 0 Å². The largest absolute Gasteiger partial charge is 0.339 e. The molecule has 1 aliphatic carbocycles. The van der Waals surface area contributed by atoms with Gasteiger partial charge >= 0.3 is 0 Å². The number of rotatable bonds is 7. The second-order valence-corrected chi connectivity index (χ2v) is 8.32. The van der Waals surface area contributed by atoms with Crippen molar-refractivity contribution in [3.05, 3.63) is 65.7 Å². The van der Waals surface area contributed by atoms with Gasteiger partial charge in [0.05, 0.1) is 17.4 Å². The smallest absolute Gasteiger partial charge is 0.253 e. The number of fused-ring (bicyclic) bond motifs is 1. The Labute approximate surface area is 176 Å². The maximum Gasteiger partial charge on any atom is 0.253 e. The molecule has 4 rings (SSSR count). The summed E-state index contributed by atoms with van der Waals surface area (Å²) in [6.45, 7) is 2.61. The molecule has 1 heterocycles. The maximum atomic E-state index is 13.3. The summed E-state index contributed by atoms with van der Waals surface area (Å²) in [6.07, 6.45) is 5.79. The van der Waals surface area contributed by atoms with Gasteiger partial charge in [-0.25, -0.2) is 9.37 Å². The highest BCUT2D eigenvalue weighted by Crippen LogP contribution is 2.29. The molecule has 5 nitrogen and oxygen atoms in total. The summed E-state index contributed by atoms with van der Waals surface area (Å²) in [5, 5.41) is 8.24. The Hall–Kier alpha value is -3.02. The first-order valence-electron chi connectivity index (χ1n) is 10.5. The van der Waals surface area contributed by atoms with Crippen LogP contribution in [0.3, 0.4) is 0 Å². The van der Waals surface area contributed by atoms with Crippen molar-refractivity contribution in [2.75, 3.05) is 7.05 Å². The van der Waals surface area contributed by atoms with E-state index in [-0.39, 0.29) is 17.8 Å². The summed E-state index contributed by atoms with van der Waals surface area (Å²) in [5.41, 5.74) is 3.96. The van der Waals surface area contributed by atoms with Crippen LogP contribution in [0.15, 0.2) is 48.8 Å². The third kappa shape index (κ3) is 4.13. The van der Waals surface area contributed by atoms with Crippen LogP contribution in [0.1, 0.15) is 48.5 Å². The van der Waals surface area contributed by atoms with Crippen LogP contribution in [0, 0.1) is 17.1 Å². The second-order valence-electron chi connectivity index (χ2n) is 8.32. The number of hydrogen-bond donors (Lipinski definition) is 1. The minimum atomic E-state index is -0.295. The number of halogens is 1. The van der Waals surface area contributed by atoms with Crippen LogP contribution in [0.2, 0.25) is 0 Å². The topological polar surface area (TPSA) is 62.0 Å². The van der Waals surface area contributed by atoms with Crippen molar-refractivity contribution >= 4 is 22.7 Å². The molecule has 0 aliphatic heterocycles. The first kappa shape index (κ1) is 20.3. The zero-order chi connectivity index (χ0) is 21.3. The average molecular weight is 407 g/mol. The minimum absolute atomic E-state index is 0.00276. The zero-order valence-corrected chi connectivity index (χ0v) is 17.4. The number of amides is 1. The number of nitrogens with one attached hydrogen (secondary N) is 1. The Morgan fingerprint density at radius 2 is 2.00 bits per heavy atom. The van der Waals surface area contributed by atoms with Gasteiger partial charge in [-0.05, 0) is 55.5 Å². The van der Waals surface area contributed by atoms with E-state index in [9.17, 15) is 9.18 Å². The van der Waals surface area contributed by atoms with Crippen LogP contribution in [-0.4, -0.2) is 39.2 Å². The van der Waals surface area contributed by atoms with E-state index in [1.54, 1.807) is 17.3 Å². The fraction of sp³-hybridized carbons (Fsp3) is 0.375. The molecule has 1 N–H and O–H groups in total. The van der Waals surface area contributed by atoms with Crippen molar-refractivity contribution in [3.8, 4) is 0 Å². The summed E-state index contributed by atoms with van der Waals surface area (Å²) in [7, 11) is 1.81. The van der Waals surface area contributed by atoms with Crippen molar-refractivity contribution in [3.63, 3.8) is 0 Å². The first-order chi connectivity index (χ1) is 14.4. The number of imidazole rings is 1. The van der Waals surface area contributed by atoms with Crippen molar-refractivity contribution in [1.82, 2.24) is 14.5 Å². The van der Waals surface area contributed by atoms with E-state index < -0.39 is 0 Å². The monoisotopic (exact) mass is 406 g/mol. The lowest BCUT2D eigenvalue weighted by Gasteiger charge is -2.31. The van der Waals surface area contributed by atoms with Gasteiger partial charge in [-0.3, -0.25) is 4.79 Å². The third-order valence-corrected chi connectivity index (χ3v) is 6.23. The number of hydrogen-bond acceptors (Lipinski definition) is 3. The first-order valence-corrected chi connectivity index (χ1v) is 10.5. The fourth-order valence-electron chi connectivity index (χ4n) is 3.89. The fourth-order valence-corrected chi connectivity index (χ4v) is 3.89. The molecule has 1 atom stereocenters. The molecule has 0 saturated heterocycles. The van der Waals surface area contributed by atoms with E-state index in [1.807, 2.05) is 42.8 Å². The van der Waals surface area contributed by atoms with Gasteiger partial charge in [-0.1, -0.05) is 18.6 Å². The van der Waals surface area contributed by atoms with Crippen LogP contribution in [-0.2, 0) is 6.54 Å². The molecular formula is C24H27FN4O. The second kappa shape index (κ2) is 8.38. The molecule has 0 unspecified atom stereocenters. The lowest BCUT2D eigenvalue weighted by Crippen LogP contribution is -2.38. The normalized spacial score (nSPS) is 15.0. The molecule has 1 amide bonds. The maximum absolute atomic E-state index is 13.3. The molecule has 30 heavy (non-hydrogen) atoms. The Kier molecular flexibility index (Phi) is 5.66. The SMILES string of the molecule is C[C@H](CC(=N)C1CCC1)N(C)C(=O)c1ccc(Cn2cnc3cc(F)ccc32)cc1. The number of aromatic nitrogens is 2. The Morgan fingerprint density at radius 1 is 1.27 bits per heavy atom. The van der Waals surface area contributed by atoms with Crippen LogP contribution in [0.5, 0.6) is 0 Å². The van der Waals surface area contributed by atoms with Gasteiger partial charge in [-0.15, -0.1) is 0 Å². The number of carbonyl (C=O) groups excluding carboxylic acids is 1. The summed E-state index contributed by atoms with van der Waals surface area (Å²) < 4.78 is 15.3. The predicted molar refractivity (Wildman–Crippen MR) is 116 cm³/mol. The highest BCUT2D eigenvalue weighted by Gasteiger charge is 2.25. The summed E-state index contributed by atoms with van der Waals surface area (Å²) in [6, 6.07) is 12.2. The third-order valence-electron chi connectivity index (χ3n) is 6.23. The van der Waals surface area contributed by atoms with E-state index in [2.05, 4.69) is 4.98 Å². The van der Waals surface area contributed by atoms with Crippen LogP contribution in [0.25, 0.3) is 11.0 Å². The van der Waals surface area contributed by atoms with E-state index in [0.717, 1.165) is 29.6 Å². The molecule has 1 aromatic heterocycles. The molecule has 0 radical (unpaired) electrons. The molecule has 3 aromatic rings. The number of carbonyl (C=O) groups is 1. The van der Waals surface area contributed by atoms with Crippen molar-refractivity contribution in [1.29, 1.82) is 5.41 Å². The van der Waals surface area contributed by atoms with Gasteiger partial charge < -0.3 is 14.9 Å². The van der Waals surface area contributed by atoms with Crippen LogP contribution in [0.4, 0.5) is 4.39 Å². The molecule has 6 heteroatoms. The Morgan fingerprint density at radius 3 is 2.67 bits per heavy atom. The van der Waals surface area contributed by atoms with E-state index >= 15 is 0 Å². The quantitative estimate of drug-likeness (QED) is 0.568. The van der Waals surface area contributed by atoms with Gasteiger partial charge in [0, 0.05) is 43.4 Å². The summed E-state index contributed by atoms with van der Waals surface area (Å²) in [4.78, 5) is 18.9. The zero-order valence-electron chi connectivity index (χ0n) is 17.4.